The molecule has 1 aliphatic rings. The minimum Gasteiger partial charge on any atom is -0.335 e. The predicted molar refractivity (Wildman–Crippen MR) is 186 cm³/mol. The maximum absolute atomic E-state index is 2.53. The summed E-state index contributed by atoms with van der Waals surface area (Å²) >= 11 is 1.89. The van der Waals surface area contributed by atoms with Gasteiger partial charge in [-0.2, -0.15) is 0 Å². The largest absolute Gasteiger partial charge is 0.335 e. The maximum Gasteiger partial charge on any atom is 0.0640 e. The Labute approximate surface area is 256 Å². The second-order valence-corrected chi connectivity index (χ2v) is 13.6. The fourth-order valence-electron chi connectivity index (χ4n) is 7.01. The highest BCUT2D eigenvalue weighted by Crippen LogP contribution is 2.46. The number of rotatable bonds is 4. The Kier molecular flexibility index (Phi) is 6.06. The van der Waals surface area contributed by atoms with E-state index in [1.54, 1.807) is 0 Å². The first-order valence-corrected chi connectivity index (χ1v) is 16.0. The SMILES string of the molecule is CC(C)(C)n1c2c(c3ccccc31)=CC(c1ccccc1N(c1ccccc1)c1cccc3c1sc1ccccc13)CC=2. The molecule has 210 valence electrons. The number of benzene rings is 5. The van der Waals surface area contributed by atoms with Gasteiger partial charge in [-0.15, -0.1) is 11.3 Å². The number of hydrogen-bond acceptors (Lipinski definition) is 2. The predicted octanol–water partition coefficient (Wildman–Crippen LogP) is 9.98. The van der Waals surface area contributed by atoms with E-state index in [2.05, 4.69) is 164 Å². The lowest BCUT2D eigenvalue weighted by Crippen LogP contribution is -2.39. The standard InChI is InChI=1S/C40H34N2S/c1-40(2,3)42-35-21-11-8-17-30(35)33-26-27(24-25-36(33)42)29-16-7-10-20-34(29)41(28-14-5-4-6-15-28)37-22-13-19-32-31-18-9-12-23-38(31)43-39(32)37/h4-23,25-27H,24H2,1-3H3. The third-order valence-electron chi connectivity index (χ3n) is 8.77. The van der Waals surface area contributed by atoms with E-state index in [4.69, 9.17) is 0 Å². The molecule has 2 nitrogen and oxygen atoms in total. The van der Waals surface area contributed by atoms with Crippen molar-refractivity contribution in [3.8, 4) is 0 Å². The Morgan fingerprint density at radius 1 is 0.674 bits per heavy atom. The van der Waals surface area contributed by atoms with Crippen LogP contribution in [-0.2, 0) is 5.54 Å². The summed E-state index contributed by atoms with van der Waals surface area (Å²) in [5, 5.41) is 6.67. The minimum atomic E-state index is -0.00465. The fourth-order valence-corrected chi connectivity index (χ4v) is 8.21. The van der Waals surface area contributed by atoms with E-state index in [0.717, 1.165) is 6.42 Å². The van der Waals surface area contributed by atoms with E-state index >= 15 is 0 Å². The van der Waals surface area contributed by atoms with Crippen molar-refractivity contribution in [3.63, 3.8) is 0 Å². The van der Waals surface area contributed by atoms with Crippen LogP contribution < -0.4 is 15.5 Å². The molecule has 0 aliphatic heterocycles. The van der Waals surface area contributed by atoms with Crippen LogP contribution in [0.4, 0.5) is 17.1 Å². The molecule has 8 rings (SSSR count). The normalized spacial score (nSPS) is 14.9. The van der Waals surface area contributed by atoms with Crippen molar-refractivity contribution < 1.29 is 0 Å². The molecule has 0 amide bonds. The van der Waals surface area contributed by atoms with Crippen molar-refractivity contribution in [2.24, 2.45) is 0 Å². The van der Waals surface area contributed by atoms with Gasteiger partial charge in [-0.1, -0.05) is 97.1 Å². The number of thiophene rings is 1. The van der Waals surface area contributed by atoms with Crippen LogP contribution in [0.25, 0.3) is 43.2 Å². The second-order valence-electron chi connectivity index (χ2n) is 12.5. The number of aromatic nitrogens is 1. The third-order valence-corrected chi connectivity index (χ3v) is 9.98. The quantitative estimate of drug-likeness (QED) is 0.203. The molecule has 0 spiro atoms. The molecule has 0 N–H and O–H groups in total. The summed E-state index contributed by atoms with van der Waals surface area (Å²) < 4.78 is 5.16. The van der Waals surface area contributed by atoms with E-state index < -0.39 is 0 Å². The van der Waals surface area contributed by atoms with Crippen LogP contribution >= 0.6 is 11.3 Å². The zero-order valence-electron chi connectivity index (χ0n) is 24.8. The van der Waals surface area contributed by atoms with Gasteiger partial charge in [0.25, 0.3) is 0 Å². The summed E-state index contributed by atoms with van der Waals surface area (Å²) in [6.07, 6.45) is 5.97. The fraction of sp³-hybridized carbons (Fsp3) is 0.150. The Morgan fingerprint density at radius 3 is 2.19 bits per heavy atom. The van der Waals surface area contributed by atoms with Crippen LogP contribution in [-0.4, -0.2) is 4.57 Å². The lowest BCUT2D eigenvalue weighted by atomic mass is 9.89. The van der Waals surface area contributed by atoms with Crippen molar-refractivity contribution in [2.45, 2.75) is 38.6 Å². The number of fused-ring (bicyclic) bond motifs is 6. The monoisotopic (exact) mass is 574 g/mol. The van der Waals surface area contributed by atoms with Gasteiger partial charge in [-0.3, -0.25) is 0 Å². The third kappa shape index (κ3) is 4.22. The molecule has 7 aromatic rings. The van der Waals surface area contributed by atoms with E-state index in [9.17, 15) is 0 Å². The number of anilines is 3. The molecule has 2 heterocycles. The first-order valence-electron chi connectivity index (χ1n) is 15.2. The van der Waals surface area contributed by atoms with Crippen LogP contribution in [0.3, 0.4) is 0 Å². The van der Waals surface area contributed by atoms with Gasteiger partial charge < -0.3 is 9.47 Å². The summed E-state index contributed by atoms with van der Waals surface area (Å²) in [5.74, 6) is 0.260. The number of nitrogens with zero attached hydrogens (tertiary/aromatic N) is 2. The van der Waals surface area contributed by atoms with Crippen molar-refractivity contribution >= 4 is 71.6 Å². The van der Waals surface area contributed by atoms with Crippen LogP contribution in [0.15, 0.2) is 121 Å². The Balaban J connectivity index is 1.36. The highest BCUT2D eigenvalue weighted by atomic mass is 32.1. The van der Waals surface area contributed by atoms with Gasteiger partial charge in [-0.05, 0) is 69.2 Å². The van der Waals surface area contributed by atoms with Crippen LogP contribution in [0.1, 0.15) is 38.7 Å². The molecule has 0 bridgehead atoms. The lowest BCUT2D eigenvalue weighted by Gasteiger charge is -2.30. The Morgan fingerprint density at radius 2 is 1.35 bits per heavy atom. The zero-order chi connectivity index (χ0) is 29.1. The van der Waals surface area contributed by atoms with Crippen molar-refractivity contribution in [2.75, 3.05) is 4.90 Å². The zero-order valence-corrected chi connectivity index (χ0v) is 25.6. The van der Waals surface area contributed by atoms with E-state index in [-0.39, 0.29) is 11.5 Å². The molecule has 1 unspecified atom stereocenters. The van der Waals surface area contributed by atoms with Crippen LogP contribution in [0.5, 0.6) is 0 Å². The van der Waals surface area contributed by atoms with Gasteiger partial charge >= 0.3 is 0 Å². The van der Waals surface area contributed by atoms with Crippen LogP contribution in [0.2, 0.25) is 0 Å². The first kappa shape index (κ1) is 26.1. The topological polar surface area (TPSA) is 8.17 Å². The maximum atomic E-state index is 2.53. The molecule has 0 saturated carbocycles. The molecular weight excluding hydrogens is 541 g/mol. The average molecular weight is 575 g/mol. The van der Waals surface area contributed by atoms with Gasteiger partial charge in [0.15, 0.2) is 0 Å². The van der Waals surface area contributed by atoms with Crippen LogP contribution in [0, 0.1) is 0 Å². The molecular formula is C40H34N2S. The summed E-state index contributed by atoms with van der Waals surface area (Å²) in [6.45, 7) is 6.92. The average Bonchev–Trinajstić information content (AvgIpc) is 3.58. The highest BCUT2D eigenvalue weighted by Gasteiger charge is 2.25. The molecule has 43 heavy (non-hydrogen) atoms. The van der Waals surface area contributed by atoms with Crippen molar-refractivity contribution in [3.05, 3.63) is 137 Å². The van der Waals surface area contributed by atoms with E-state index in [1.165, 1.54) is 64.3 Å². The molecule has 2 aromatic heterocycles. The Hall–Kier alpha value is -4.60. The molecule has 0 fully saturated rings. The molecule has 1 atom stereocenters. The van der Waals surface area contributed by atoms with E-state index in [1.807, 2.05) is 11.3 Å². The molecule has 3 heteroatoms. The number of hydrogen-bond donors (Lipinski definition) is 0. The van der Waals surface area contributed by atoms with Gasteiger partial charge in [0.1, 0.15) is 0 Å². The van der Waals surface area contributed by atoms with Crippen molar-refractivity contribution in [1.82, 2.24) is 4.57 Å². The first-order chi connectivity index (χ1) is 21.0. The molecule has 5 aromatic carbocycles. The van der Waals surface area contributed by atoms with Gasteiger partial charge in [0.05, 0.1) is 10.4 Å². The second kappa shape index (κ2) is 10.00. The van der Waals surface area contributed by atoms with Gasteiger partial charge in [-0.25, -0.2) is 0 Å². The lowest BCUT2D eigenvalue weighted by molar-refractivity contribution is 0.401. The molecule has 0 radical (unpaired) electrons. The summed E-state index contributed by atoms with van der Waals surface area (Å²) in [7, 11) is 0. The number of para-hydroxylation sites is 3. The smallest absolute Gasteiger partial charge is 0.0640 e. The molecule has 1 aliphatic carbocycles. The minimum absolute atomic E-state index is 0.00465. The summed E-state index contributed by atoms with van der Waals surface area (Å²) in [4.78, 5) is 2.48. The Bertz CT molecular complexity index is 2260. The summed E-state index contributed by atoms with van der Waals surface area (Å²) in [5.41, 5.74) is 6.28. The summed E-state index contributed by atoms with van der Waals surface area (Å²) in [6, 6.07) is 44.3. The van der Waals surface area contributed by atoms with Crippen molar-refractivity contribution in [1.29, 1.82) is 0 Å². The van der Waals surface area contributed by atoms with E-state index in [0.29, 0.717) is 0 Å². The van der Waals surface area contributed by atoms with Gasteiger partial charge in [0.2, 0.25) is 0 Å². The highest BCUT2D eigenvalue weighted by molar-refractivity contribution is 7.26. The van der Waals surface area contributed by atoms with Gasteiger partial charge in [0, 0.05) is 59.8 Å². The molecule has 0 saturated heterocycles.